The second-order valence-electron chi connectivity index (χ2n) is 6.11. The van der Waals surface area contributed by atoms with Crippen LogP contribution in [0, 0.1) is 0 Å². The van der Waals surface area contributed by atoms with E-state index in [4.69, 9.17) is 0 Å². The van der Waals surface area contributed by atoms with Gasteiger partial charge in [0.05, 0.1) is 18.3 Å². The maximum atomic E-state index is 4.17. The molecule has 23 heavy (non-hydrogen) atoms. The molecule has 116 valence electrons. The molecule has 1 aliphatic rings. The van der Waals surface area contributed by atoms with Crippen molar-refractivity contribution >= 4 is 0 Å². The molecule has 1 saturated heterocycles. The third-order valence-corrected chi connectivity index (χ3v) is 4.82. The smallest absolute Gasteiger partial charge is 0.0816 e. The van der Waals surface area contributed by atoms with Crippen LogP contribution in [0.3, 0.4) is 0 Å². The monoisotopic (exact) mass is 304 g/mol. The summed E-state index contributed by atoms with van der Waals surface area (Å²) in [5.41, 5.74) is 2.67. The molecule has 0 spiro atoms. The van der Waals surface area contributed by atoms with Crippen LogP contribution in [-0.2, 0) is 0 Å². The number of rotatable bonds is 4. The quantitative estimate of drug-likeness (QED) is 0.741. The van der Waals surface area contributed by atoms with E-state index in [1.165, 1.54) is 11.1 Å². The average molecular weight is 304 g/mol. The van der Waals surface area contributed by atoms with Crippen molar-refractivity contribution in [3.63, 3.8) is 0 Å². The Bertz CT molecular complexity index is 700. The number of nitrogens with zero attached hydrogens (tertiary/aromatic N) is 4. The van der Waals surface area contributed by atoms with Gasteiger partial charge < -0.3 is 0 Å². The summed E-state index contributed by atoms with van der Waals surface area (Å²) in [6, 6.07) is 22.6. The highest BCUT2D eigenvalue weighted by Gasteiger charge is 2.42. The molecule has 1 aromatic heterocycles. The Morgan fingerprint density at radius 3 is 2.04 bits per heavy atom. The van der Waals surface area contributed by atoms with Crippen LogP contribution in [0.15, 0.2) is 73.1 Å². The Labute approximate surface area is 136 Å². The molecule has 2 heterocycles. The van der Waals surface area contributed by atoms with Crippen LogP contribution in [0.2, 0.25) is 0 Å². The minimum absolute atomic E-state index is 0.284. The second-order valence-corrected chi connectivity index (χ2v) is 6.11. The standard InChI is InChI=1S/C19H20N4/c1-15-18(23-13-12-20-21-23)14-22(15)19(16-8-4-2-5-9-16)17-10-6-3-7-11-17/h2-13,15,18-19H,14H2,1H3/t15-,18+/m1/s1. The molecule has 0 bridgehead atoms. The maximum Gasteiger partial charge on any atom is 0.0816 e. The minimum atomic E-state index is 0.284. The Morgan fingerprint density at radius 2 is 1.57 bits per heavy atom. The lowest BCUT2D eigenvalue weighted by Crippen LogP contribution is -2.56. The molecule has 0 saturated carbocycles. The SMILES string of the molecule is C[C@@H]1[C@@H](n2ccnn2)CN1C(c1ccccc1)c1ccccc1. The number of hydrogen-bond acceptors (Lipinski definition) is 3. The zero-order chi connectivity index (χ0) is 15.6. The van der Waals surface area contributed by atoms with Gasteiger partial charge in [-0.05, 0) is 18.1 Å². The van der Waals surface area contributed by atoms with E-state index in [1.807, 2.05) is 10.9 Å². The topological polar surface area (TPSA) is 34.0 Å². The molecule has 0 unspecified atom stereocenters. The number of likely N-dealkylation sites (tertiary alicyclic amines) is 1. The van der Waals surface area contributed by atoms with Crippen molar-refractivity contribution in [2.24, 2.45) is 0 Å². The van der Waals surface area contributed by atoms with Crippen LogP contribution in [0.5, 0.6) is 0 Å². The first-order valence-electron chi connectivity index (χ1n) is 8.06. The zero-order valence-electron chi connectivity index (χ0n) is 13.2. The first-order valence-corrected chi connectivity index (χ1v) is 8.06. The van der Waals surface area contributed by atoms with E-state index in [2.05, 4.69) is 82.8 Å². The molecule has 0 radical (unpaired) electrons. The summed E-state index contributed by atoms with van der Waals surface area (Å²) >= 11 is 0. The van der Waals surface area contributed by atoms with Gasteiger partial charge in [0.25, 0.3) is 0 Å². The molecule has 0 N–H and O–H groups in total. The molecule has 0 aliphatic carbocycles. The molecule has 3 aromatic rings. The highest BCUT2D eigenvalue weighted by atomic mass is 15.5. The van der Waals surface area contributed by atoms with E-state index in [9.17, 15) is 0 Å². The molecule has 4 heteroatoms. The normalized spacial score (nSPS) is 21.3. The van der Waals surface area contributed by atoms with E-state index >= 15 is 0 Å². The molecule has 1 aliphatic heterocycles. The predicted molar refractivity (Wildman–Crippen MR) is 90.0 cm³/mol. The summed E-state index contributed by atoms with van der Waals surface area (Å²) in [5.74, 6) is 0. The molecule has 2 atom stereocenters. The Hall–Kier alpha value is -2.46. The van der Waals surface area contributed by atoms with Gasteiger partial charge in [0, 0.05) is 18.8 Å². The van der Waals surface area contributed by atoms with Crippen molar-refractivity contribution in [2.75, 3.05) is 6.54 Å². The Morgan fingerprint density at radius 1 is 0.957 bits per heavy atom. The molecule has 1 fully saturated rings. The van der Waals surface area contributed by atoms with Gasteiger partial charge in [-0.2, -0.15) is 0 Å². The fourth-order valence-electron chi connectivity index (χ4n) is 3.50. The van der Waals surface area contributed by atoms with Crippen LogP contribution in [0.4, 0.5) is 0 Å². The van der Waals surface area contributed by atoms with Gasteiger partial charge in [-0.15, -0.1) is 5.10 Å². The third-order valence-electron chi connectivity index (χ3n) is 4.82. The average Bonchev–Trinajstić information content (AvgIpc) is 3.13. The van der Waals surface area contributed by atoms with Crippen LogP contribution in [0.1, 0.15) is 30.1 Å². The second kappa shape index (κ2) is 5.97. The van der Waals surface area contributed by atoms with E-state index in [0.29, 0.717) is 12.1 Å². The fourth-order valence-corrected chi connectivity index (χ4v) is 3.50. The summed E-state index contributed by atoms with van der Waals surface area (Å²) < 4.78 is 1.98. The maximum absolute atomic E-state index is 4.17. The van der Waals surface area contributed by atoms with Crippen molar-refractivity contribution < 1.29 is 0 Å². The van der Waals surface area contributed by atoms with Crippen LogP contribution in [0.25, 0.3) is 0 Å². The molecular formula is C19H20N4. The minimum Gasteiger partial charge on any atom is -0.285 e. The molecular weight excluding hydrogens is 284 g/mol. The van der Waals surface area contributed by atoms with Crippen molar-refractivity contribution in [2.45, 2.75) is 25.0 Å². The van der Waals surface area contributed by atoms with E-state index < -0.39 is 0 Å². The summed E-state index contributed by atoms with van der Waals surface area (Å²) in [6.07, 6.45) is 3.71. The largest absolute Gasteiger partial charge is 0.285 e. The fraction of sp³-hybridized carbons (Fsp3) is 0.263. The Kier molecular flexibility index (Phi) is 3.67. The predicted octanol–water partition coefficient (Wildman–Crippen LogP) is 3.31. The van der Waals surface area contributed by atoms with Gasteiger partial charge in [-0.1, -0.05) is 65.9 Å². The molecule has 4 rings (SSSR count). The summed E-state index contributed by atoms with van der Waals surface area (Å²) in [5, 5.41) is 8.11. The van der Waals surface area contributed by atoms with E-state index in [1.54, 1.807) is 6.20 Å². The lowest BCUT2D eigenvalue weighted by molar-refractivity contribution is 0.00123. The highest BCUT2D eigenvalue weighted by molar-refractivity contribution is 5.33. The summed E-state index contributed by atoms with van der Waals surface area (Å²) in [6.45, 7) is 3.26. The highest BCUT2D eigenvalue weighted by Crippen LogP contribution is 2.39. The summed E-state index contributed by atoms with van der Waals surface area (Å²) in [4.78, 5) is 2.54. The number of aromatic nitrogens is 3. The van der Waals surface area contributed by atoms with Crippen LogP contribution < -0.4 is 0 Å². The molecule has 4 nitrogen and oxygen atoms in total. The van der Waals surface area contributed by atoms with Gasteiger partial charge in [-0.25, -0.2) is 4.68 Å². The lowest BCUT2D eigenvalue weighted by atomic mass is 9.88. The third kappa shape index (κ3) is 2.55. The first kappa shape index (κ1) is 14.2. The zero-order valence-corrected chi connectivity index (χ0v) is 13.2. The Balaban J connectivity index is 1.65. The first-order chi connectivity index (χ1) is 11.3. The van der Waals surface area contributed by atoms with Crippen molar-refractivity contribution in [3.05, 3.63) is 84.2 Å². The van der Waals surface area contributed by atoms with Crippen molar-refractivity contribution in [3.8, 4) is 0 Å². The summed E-state index contributed by atoms with van der Waals surface area (Å²) in [7, 11) is 0. The van der Waals surface area contributed by atoms with Crippen molar-refractivity contribution in [1.82, 2.24) is 19.9 Å². The van der Waals surface area contributed by atoms with Crippen LogP contribution in [-0.4, -0.2) is 32.5 Å². The van der Waals surface area contributed by atoms with Gasteiger partial charge in [-0.3, -0.25) is 4.90 Å². The lowest BCUT2D eigenvalue weighted by Gasteiger charge is -2.50. The van der Waals surface area contributed by atoms with Crippen molar-refractivity contribution in [1.29, 1.82) is 0 Å². The van der Waals surface area contributed by atoms with E-state index in [0.717, 1.165) is 6.54 Å². The molecule has 0 amide bonds. The van der Waals surface area contributed by atoms with Gasteiger partial charge in [0.2, 0.25) is 0 Å². The molecule has 2 aromatic carbocycles. The van der Waals surface area contributed by atoms with Crippen LogP contribution >= 0.6 is 0 Å². The number of benzene rings is 2. The van der Waals surface area contributed by atoms with Gasteiger partial charge in [0.15, 0.2) is 0 Å². The van der Waals surface area contributed by atoms with E-state index in [-0.39, 0.29) is 6.04 Å². The number of hydrogen-bond donors (Lipinski definition) is 0. The van der Waals surface area contributed by atoms with Gasteiger partial charge >= 0.3 is 0 Å². The van der Waals surface area contributed by atoms with Gasteiger partial charge in [0.1, 0.15) is 0 Å².